The summed E-state index contributed by atoms with van der Waals surface area (Å²) in [5, 5.41) is 11.0. The van der Waals surface area contributed by atoms with Gasteiger partial charge >= 0.3 is 6.01 Å². The van der Waals surface area contributed by atoms with Crippen molar-refractivity contribution in [1.29, 1.82) is 0 Å². The maximum Gasteiger partial charge on any atom is 0.319 e. The molecule has 0 atom stereocenters. The average Bonchev–Trinajstić information content (AvgIpc) is 2.62. The summed E-state index contributed by atoms with van der Waals surface area (Å²) in [5.41, 5.74) is -0.0445. The number of likely N-dealkylation sites (tertiary alicyclic amines) is 1. The maximum absolute atomic E-state index is 13.3. The normalized spacial score (nSPS) is 17.1. The molecule has 8 heteroatoms. The van der Waals surface area contributed by atoms with Crippen molar-refractivity contribution in [2.45, 2.75) is 25.0 Å². The molecule has 0 amide bonds. The first-order valence-corrected chi connectivity index (χ1v) is 8.29. The molecule has 1 aliphatic heterocycles. The van der Waals surface area contributed by atoms with Gasteiger partial charge in [0, 0.05) is 31.9 Å². The van der Waals surface area contributed by atoms with E-state index in [0.29, 0.717) is 43.6 Å². The van der Waals surface area contributed by atoms with Crippen molar-refractivity contribution < 1.29 is 23.4 Å². The summed E-state index contributed by atoms with van der Waals surface area (Å²) in [6.45, 7) is 1.54. The molecule has 140 valence electrons. The Kier molecular flexibility index (Phi) is 5.33. The van der Waals surface area contributed by atoms with E-state index >= 15 is 0 Å². The van der Waals surface area contributed by atoms with E-state index in [1.807, 2.05) is 4.90 Å². The molecule has 0 bridgehead atoms. The Morgan fingerprint density at radius 3 is 2.35 bits per heavy atom. The summed E-state index contributed by atoms with van der Waals surface area (Å²) in [7, 11) is 2.93. The van der Waals surface area contributed by atoms with Crippen LogP contribution in [0.1, 0.15) is 24.0 Å². The molecule has 2 aromatic rings. The Hall–Kier alpha value is -2.32. The molecule has 3 rings (SSSR count). The first kappa shape index (κ1) is 18.5. The van der Waals surface area contributed by atoms with Crippen molar-refractivity contribution in [2.75, 3.05) is 27.3 Å². The third kappa shape index (κ3) is 3.91. The number of hydrogen-bond donors (Lipinski definition) is 1. The number of halogens is 2. The molecule has 0 radical (unpaired) electrons. The number of nitrogens with zero attached hydrogens (tertiary/aromatic N) is 3. The molecule has 1 aromatic carbocycles. The Morgan fingerprint density at radius 1 is 1.12 bits per heavy atom. The van der Waals surface area contributed by atoms with Crippen LogP contribution in [-0.2, 0) is 12.1 Å². The second-order valence-corrected chi connectivity index (χ2v) is 6.37. The summed E-state index contributed by atoms with van der Waals surface area (Å²) in [4.78, 5) is 10.2. The maximum atomic E-state index is 13.3. The lowest BCUT2D eigenvalue weighted by atomic mass is 9.85. The number of rotatable bonds is 5. The van der Waals surface area contributed by atoms with Crippen LogP contribution < -0.4 is 9.47 Å². The molecule has 1 aromatic heterocycles. The summed E-state index contributed by atoms with van der Waals surface area (Å²) >= 11 is 0. The zero-order valence-corrected chi connectivity index (χ0v) is 14.7. The molecule has 26 heavy (non-hydrogen) atoms. The molecule has 0 saturated carbocycles. The summed E-state index contributed by atoms with van der Waals surface area (Å²) in [6, 6.07) is 3.67. The molecule has 2 heterocycles. The molecule has 1 fully saturated rings. The standard InChI is InChI=1S/C18H21F2N3O3/c1-25-16-15(10-21-17(22-16)26-2)18(24)3-5-23(6-4-18)11-12-7-13(19)9-14(20)8-12/h7-10,24H,3-6,11H2,1-2H3. The van der Waals surface area contributed by atoms with Gasteiger partial charge in [-0.2, -0.15) is 4.98 Å². The van der Waals surface area contributed by atoms with E-state index in [0.717, 1.165) is 6.07 Å². The second-order valence-electron chi connectivity index (χ2n) is 6.37. The van der Waals surface area contributed by atoms with E-state index < -0.39 is 17.2 Å². The van der Waals surface area contributed by atoms with E-state index in [1.165, 1.54) is 32.5 Å². The topological polar surface area (TPSA) is 67.7 Å². The SMILES string of the molecule is COc1ncc(C2(O)CCN(Cc3cc(F)cc(F)c3)CC2)c(OC)n1. The third-order valence-electron chi connectivity index (χ3n) is 4.62. The Morgan fingerprint density at radius 2 is 1.77 bits per heavy atom. The highest BCUT2D eigenvalue weighted by Gasteiger charge is 2.37. The monoisotopic (exact) mass is 365 g/mol. The van der Waals surface area contributed by atoms with Crippen LogP contribution >= 0.6 is 0 Å². The number of piperidine rings is 1. The average molecular weight is 365 g/mol. The van der Waals surface area contributed by atoms with E-state index in [4.69, 9.17) is 9.47 Å². The lowest BCUT2D eigenvalue weighted by Gasteiger charge is -2.38. The highest BCUT2D eigenvalue weighted by molar-refractivity contribution is 5.32. The first-order chi connectivity index (χ1) is 12.4. The van der Waals surface area contributed by atoms with Crippen LogP contribution in [0.25, 0.3) is 0 Å². The fourth-order valence-corrected chi connectivity index (χ4v) is 3.23. The van der Waals surface area contributed by atoms with Gasteiger partial charge in [0.15, 0.2) is 0 Å². The van der Waals surface area contributed by atoms with Crippen LogP contribution in [-0.4, -0.2) is 47.3 Å². The molecule has 0 spiro atoms. The van der Waals surface area contributed by atoms with Crippen LogP contribution in [0, 0.1) is 11.6 Å². The van der Waals surface area contributed by atoms with Crippen molar-refractivity contribution in [2.24, 2.45) is 0 Å². The quantitative estimate of drug-likeness (QED) is 0.877. The predicted molar refractivity (Wildman–Crippen MR) is 89.9 cm³/mol. The summed E-state index contributed by atoms with van der Waals surface area (Å²) in [6.07, 6.45) is 2.37. The smallest absolute Gasteiger partial charge is 0.319 e. The minimum absolute atomic E-state index is 0.166. The number of hydrogen-bond acceptors (Lipinski definition) is 6. The molecule has 1 N–H and O–H groups in total. The number of aliphatic hydroxyl groups is 1. The van der Waals surface area contributed by atoms with Crippen LogP contribution in [0.3, 0.4) is 0 Å². The summed E-state index contributed by atoms with van der Waals surface area (Å²) in [5.74, 6) is -0.901. The van der Waals surface area contributed by atoms with Crippen molar-refractivity contribution >= 4 is 0 Å². The van der Waals surface area contributed by atoms with Gasteiger partial charge in [0.25, 0.3) is 0 Å². The van der Waals surface area contributed by atoms with E-state index in [2.05, 4.69) is 9.97 Å². The van der Waals surface area contributed by atoms with Gasteiger partial charge in [0.1, 0.15) is 11.6 Å². The third-order valence-corrected chi connectivity index (χ3v) is 4.62. The molecular weight excluding hydrogens is 344 g/mol. The number of methoxy groups -OCH3 is 2. The molecule has 6 nitrogen and oxygen atoms in total. The zero-order chi connectivity index (χ0) is 18.7. The fraction of sp³-hybridized carbons (Fsp3) is 0.444. The van der Waals surface area contributed by atoms with Crippen LogP contribution in [0.5, 0.6) is 11.9 Å². The second kappa shape index (κ2) is 7.51. The highest BCUT2D eigenvalue weighted by atomic mass is 19.1. The Labute approximate surface area is 150 Å². The number of benzene rings is 1. The van der Waals surface area contributed by atoms with Crippen molar-refractivity contribution in [3.63, 3.8) is 0 Å². The van der Waals surface area contributed by atoms with Crippen molar-refractivity contribution in [1.82, 2.24) is 14.9 Å². The number of aromatic nitrogens is 2. The zero-order valence-electron chi connectivity index (χ0n) is 14.7. The van der Waals surface area contributed by atoms with Crippen LogP contribution in [0.15, 0.2) is 24.4 Å². The van der Waals surface area contributed by atoms with Crippen molar-refractivity contribution in [3.8, 4) is 11.9 Å². The Bertz CT molecular complexity index is 760. The van der Waals surface area contributed by atoms with Crippen LogP contribution in [0.4, 0.5) is 8.78 Å². The lowest BCUT2D eigenvalue weighted by Crippen LogP contribution is -2.42. The van der Waals surface area contributed by atoms with Gasteiger partial charge in [0.2, 0.25) is 5.88 Å². The van der Waals surface area contributed by atoms with E-state index in [9.17, 15) is 13.9 Å². The fourth-order valence-electron chi connectivity index (χ4n) is 3.23. The van der Waals surface area contributed by atoms with E-state index in [1.54, 1.807) is 0 Å². The summed E-state index contributed by atoms with van der Waals surface area (Å²) < 4.78 is 36.9. The van der Waals surface area contributed by atoms with Gasteiger partial charge in [-0.15, -0.1) is 0 Å². The van der Waals surface area contributed by atoms with Gasteiger partial charge in [0.05, 0.1) is 25.4 Å². The van der Waals surface area contributed by atoms with Gasteiger partial charge in [-0.25, -0.2) is 13.8 Å². The van der Waals surface area contributed by atoms with Crippen LogP contribution in [0.2, 0.25) is 0 Å². The number of ether oxygens (including phenoxy) is 2. The minimum atomic E-state index is -1.12. The van der Waals surface area contributed by atoms with Crippen molar-refractivity contribution in [3.05, 3.63) is 47.2 Å². The van der Waals surface area contributed by atoms with Gasteiger partial charge < -0.3 is 14.6 Å². The first-order valence-electron chi connectivity index (χ1n) is 8.29. The molecule has 1 aliphatic rings. The minimum Gasteiger partial charge on any atom is -0.481 e. The molecule has 1 saturated heterocycles. The van der Waals surface area contributed by atoms with Gasteiger partial charge in [-0.3, -0.25) is 4.90 Å². The van der Waals surface area contributed by atoms with Gasteiger partial charge in [-0.1, -0.05) is 0 Å². The molecule has 0 unspecified atom stereocenters. The lowest BCUT2D eigenvalue weighted by molar-refractivity contribution is -0.0300. The van der Waals surface area contributed by atoms with Gasteiger partial charge in [-0.05, 0) is 30.5 Å². The van der Waals surface area contributed by atoms with E-state index in [-0.39, 0.29) is 11.9 Å². The largest absolute Gasteiger partial charge is 0.481 e. The molecule has 0 aliphatic carbocycles. The molecular formula is C18H21F2N3O3. The predicted octanol–water partition coefficient (Wildman–Crippen LogP) is 2.26. The Balaban J connectivity index is 1.71. The highest BCUT2D eigenvalue weighted by Crippen LogP contribution is 2.37.